The monoisotopic (exact) mass is 254 g/mol. The topological polar surface area (TPSA) is 37.3 Å². The van der Waals surface area contributed by atoms with E-state index in [1.165, 1.54) is 11.1 Å². The molecule has 0 aliphatic heterocycles. The Labute approximate surface area is 113 Å². The Morgan fingerprint density at radius 1 is 1.05 bits per heavy atom. The van der Waals surface area contributed by atoms with E-state index in [4.69, 9.17) is 0 Å². The first-order valence-corrected chi connectivity index (χ1v) is 6.59. The average molecular weight is 254 g/mol. The number of carboxylic acid groups (broad SMARTS) is 1. The van der Waals surface area contributed by atoms with E-state index in [0.29, 0.717) is 5.56 Å². The van der Waals surface area contributed by atoms with E-state index in [1.807, 2.05) is 30.3 Å². The first-order chi connectivity index (χ1) is 9.20. The predicted molar refractivity (Wildman–Crippen MR) is 76.6 cm³/mol. The van der Waals surface area contributed by atoms with E-state index in [0.717, 1.165) is 24.8 Å². The van der Waals surface area contributed by atoms with Gasteiger partial charge in [0.25, 0.3) is 0 Å². The first kappa shape index (κ1) is 13.3. The summed E-state index contributed by atoms with van der Waals surface area (Å²) in [5.41, 5.74) is 3.77. The second kappa shape index (κ2) is 6.19. The average Bonchev–Trinajstić information content (AvgIpc) is 2.40. The summed E-state index contributed by atoms with van der Waals surface area (Å²) in [6.45, 7) is 2.06. The minimum absolute atomic E-state index is 0.429. The minimum atomic E-state index is -0.838. The SMILES string of the molecule is CCCc1cc(Cc2ccccc2)ccc1C(=O)O. The van der Waals surface area contributed by atoms with Crippen LogP contribution in [0.4, 0.5) is 0 Å². The summed E-state index contributed by atoms with van der Waals surface area (Å²) in [5, 5.41) is 9.17. The summed E-state index contributed by atoms with van der Waals surface area (Å²) in [4.78, 5) is 11.2. The van der Waals surface area contributed by atoms with Crippen LogP contribution in [0, 0.1) is 0 Å². The second-order valence-electron chi connectivity index (χ2n) is 4.71. The van der Waals surface area contributed by atoms with Gasteiger partial charge in [0.05, 0.1) is 5.56 Å². The van der Waals surface area contributed by atoms with Crippen molar-refractivity contribution in [2.75, 3.05) is 0 Å². The lowest BCUT2D eigenvalue weighted by Gasteiger charge is -2.08. The van der Waals surface area contributed by atoms with Crippen LogP contribution in [-0.4, -0.2) is 11.1 Å². The highest BCUT2D eigenvalue weighted by atomic mass is 16.4. The Morgan fingerprint density at radius 3 is 2.42 bits per heavy atom. The largest absolute Gasteiger partial charge is 0.478 e. The second-order valence-corrected chi connectivity index (χ2v) is 4.71. The molecule has 2 heteroatoms. The number of carboxylic acids is 1. The molecule has 0 saturated heterocycles. The van der Waals surface area contributed by atoms with E-state index in [-0.39, 0.29) is 0 Å². The van der Waals surface area contributed by atoms with E-state index in [1.54, 1.807) is 6.07 Å². The van der Waals surface area contributed by atoms with Crippen LogP contribution in [-0.2, 0) is 12.8 Å². The highest BCUT2D eigenvalue weighted by Crippen LogP contribution is 2.17. The Morgan fingerprint density at radius 2 is 1.79 bits per heavy atom. The summed E-state index contributed by atoms with van der Waals surface area (Å²) < 4.78 is 0. The van der Waals surface area contributed by atoms with Crippen molar-refractivity contribution in [2.24, 2.45) is 0 Å². The number of carbonyl (C=O) groups is 1. The number of hydrogen-bond donors (Lipinski definition) is 1. The van der Waals surface area contributed by atoms with Gasteiger partial charge in [-0.05, 0) is 35.6 Å². The molecule has 0 amide bonds. The summed E-state index contributed by atoms with van der Waals surface area (Å²) >= 11 is 0. The molecule has 2 nitrogen and oxygen atoms in total. The van der Waals surface area contributed by atoms with Gasteiger partial charge in [0.15, 0.2) is 0 Å². The molecule has 0 bridgehead atoms. The molecule has 0 aromatic heterocycles. The molecular weight excluding hydrogens is 236 g/mol. The van der Waals surface area contributed by atoms with Crippen LogP contribution in [0.3, 0.4) is 0 Å². The van der Waals surface area contributed by atoms with Crippen molar-refractivity contribution in [3.05, 3.63) is 70.8 Å². The van der Waals surface area contributed by atoms with Crippen molar-refractivity contribution in [1.82, 2.24) is 0 Å². The molecule has 0 atom stereocenters. The Bertz CT molecular complexity index is 559. The van der Waals surface area contributed by atoms with Gasteiger partial charge in [0.2, 0.25) is 0 Å². The lowest BCUT2D eigenvalue weighted by molar-refractivity contribution is 0.0695. The van der Waals surface area contributed by atoms with Crippen LogP contribution in [0.25, 0.3) is 0 Å². The van der Waals surface area contributed by atoms with Gasteiger partial charge >= 0.3 is 5.97 Å². The van der Waals surface area contributed by atoms with Gasteiger partial charge in [0.1, 0.15) is 0 Å². The van der Waals surface area contributed by atoms with Crippen LogP contribution in [0.15, 0.2) is 48.5 Å². The van der Waals surface area contributed by atoms with Gasteiger partial charge in [-0.1, -0.05) is 55.8 Å². The number of rotatable bonds is 5. The molecule has 19 heavy (non-hydrogen) atoms. The zero-order chi connectivity index (χ0) is 13.7. The fourth-order valence-corrected chi connectivity index (χ4v) is 2.27. The molecule has 0 aliphatic rings. The fraction of sp³-hybridized carbons (Fsp3) is 0.235. The van der Waals surface area contributed by atoms with Crippen molar-refractivity contribution in [3.63, 3.8) is 0 Å². The highest BCUT2D eigenvalue weighted by molar-refractivity contribution is 5.89. The third kappa shape index (κ3) is 3.44. The van der Waals surface area contributed by atoms with Crippen LogP contribution in [0.5, 0.6) is 0 Å². The van der Waals surface area contributed by atoms with Crippen LogP contribution >= 0.6 is 0 Å². The molecule has 1 N–H and O–H groups in total. The summed E-state index contributed by atoms with van der Waals surface area (Å²) in [5.74, 6) is -0.838. The molecule has 0 spiro atoms. The normalized spacial score (nSPS) is 10.4. The van der Waals surface area contributed by atoms with Gasteiger partial charge in [-0.3, -0.25) is 0 Å². The van der Waals surface area contributed by atoms with E-state index in [2.05, 4.69) is 19.1 Å². The van der Waals surface area contributed by atoms with Gasteiger partial charge in [-0.25, -0.2) is 4.79 Å². The highest BCUT2D eigenvalue weighted by Gasteiger charge is 2.10. The fourth-order valence-electron chi connectivity index (χ4n) is 2.27. The molecular formula is C17H18O2. The maximum absolute atomic E-state index is 11.2. The van der Waals surface area contributed by atoms with Crippen molar-refractivity contribution >= 4 is 5.97 Å². The Hall–Kier alpha value is -2.09. The molecule has 0 saturated carbocycles. The van der Waals surface area contributed by atoms with E-state index >= 15 is 0 Å². The van der Waals surface area contributed by atoms with Crippen molar-refractivity contribution in [3.8, 4) is 0 Å². The molecule has 0 heterocycles. The van der Waals surface area contributed by atoms with Gasteiger partial charge in [-0.15, -0.1) is 0 Å². The van der Waals surface area contributed by atoms with E-state index < -0.39 is 5.97 Å². The van der Waals surface area contributed by atoms with Gasteiger partial charge < -0.3 is 5.11 Å². The standard InChI is InChI=1S/C17H18O2/c1-2-6-15-12-14(9-10-16(15)17(18)19)11-13-7-4-3-5-8-13/h3-5,7-10,12H,2,6,11H2,1H3,(H,18,19). The molecule has 0 radical (unpaired) electrons. The van der Waals surface area contributed by atoms with Crippen LogP contribution in [0.2, 0.25) is 0 Å². The molecule has 0 unspecified atom stereocenters. The number of aromatic carboxylic acids is 1. The molecule has 0 aliphatic carbocycles. The van der Waals surface area contributed by atoms with Crippen LogP contribution < -0.4 is 0 Å². The van der Waals surface area contributed by atoms with Crippen molar-refractivity contribution in [2.45, 2.75) is 26.2 Å². The lowest BCUT2D eigenvalue weighted by atomic mass is 9.97. The smallest absolute Gasteiger partial charge is 0.335 e. The van der Waals surface area contributed by atoms with Crippen molar-refractivity contribution in [1.29, 1.82) is 0 Å². The predicted octanol–water partition coefficient (Wildman–Crippen LogP) is 3.93. The van der Waals surface area contributed by atoms with Gasteiger partial charge in [0, 0.05) is 0 Å². The Kier molecular flexibility index (Phi) is 4.35. The third-order valence-electron chi connectivity index (χ3n) is 3.17. The zero-order valence-corrected chi connectivity index (χ0v) is 11.1. The zero-order valence-electron chi connectivity index (χ0n) is 11.1. The summed E-state index contributed by atoms with van der Waals surface area (Å²) in [7, 11) is 0. The molecule has 2 aromatic carbocycles. The quantitative estimate of drug-likeness (QED) is 0.877. The van der Waals surface area contributed by atoms with E-state index in [9.17, 15) is 9.90 Å². The maximum atomic E-state index is 11.2. The number of hydrogen-bond acceptors (Lipinski definition) is 1. The van der Waals surface area contributed by atoms with Crippen molar-refractivity contribution < 1.29 is 9.90 Å². The first-order valence-electron chi connectivity index (χ1n) is 6.59. The minimum Gasteiger partial charge on any atom is -0.478 e. The summed E-state index contributed by atoms with van der Waals surface area (Å²) in [6.07, 6.45) is 2.61. The molecule has 0 fully saturated rings. The summed E-state index contributed by atoms with van der Waals surface area (Å²) in [6, 6.07) is 15.9. The van der Waals surface area contributed by atoms with Gasteiger partial charge in [-0.2, -0.15) is 0 Å². The molecule has 2 rings (SSSR count). The molecule has 98 valence electrons. The lowest BCUT2D eigenvalue weighted by Crippen LogP contribution is -2.03. The number of benzene rings is 2. The maximum Gasteiger partial charge on any atom is 0.335 e. The Balaban J connectivity index is 2.27. The molecule has 2 aromatic rings. The van der Waals surface area contributed by atoms with Crippen LogP contribution in [0.1, 0.15) is 40.4 Å². The third-order valence-corrected chi connectivity index (χ3v) is 3.17. The number of aryl methyl sites for hydroxylation is 1.